The molecule has 0 aliphatic carbocycles. The van der Waals surface area contributed by atoms with Crippen LogP contribution in [0.2, 0.25) is 0 Å². The lowest BCUT2D eigenvalue weighted by molar-refractivity contribution is -0.832. The zero-order valence-corrected chi connectivity index (χ0v) is 10.1. The number of allylic oxidation sites excluding steroid dienone is 1. The molecule has 66 valence electrons. The minimum absolute atomic E-state index is 0. The van der Waals surface area contributed by atoms with Gasteiger partial charge in [-0.1, -0.05) is 6.58 Å². The number of hydrogen-bond donors (Lipinski definition) is 0. The zero-order valence-electron chi connectivity index (χ0n) is 7.89. The first kappa shape index (κ1) is 13.7. The number of quaternary nitrogens is 1. The second-order valence-corrected chi connectivity index (χ2v) is 3.46. The molecule has 2 heteroatoms. The molecule has 0 aromatic carbocycles. The molecule has 1 nitrogen and oxygen atoms in total. The van der Waals surface area contributed by atoms with Crippen LogP contribution in [-0.2, 0) is 0 Å². The van der Waals surface area contributed by atoms with Crippen molar-refractivity contribution in [1.82, 2.24) is 0 Å². The Hall–Kier alpha value is 0.170. The monoisotopic (exact) mass is 267 g/mol. The fraction of sp³-hybridized carbons (Fsp3) is 0.556. The van der Waals surface area contributed by atoms with Crippen LogP contribution in [0.4, 0.5) is 0 Å². The van der Waals surface area contributed by atoms with E-state index < -0.39 is 0 Å². The number of rotatable bonds is 3. The van der Waals surface area contributed by atoms with Crippen LogP contribution in [0.15, 0.2) is 24.4 Å². The smallest absolute Gasteiger partial charge is 0.101 e. The van der Waals surface area contributed by atoms with E-state index in [-0.39, 0.29) is 24.0 Å². The van der Waals surface area contributed by atoms with Crippen molar-refractivity contribution < 1.29 is 28.5 Å². The van der Waals surface area contributed by atoms with Gasteiger partial charge in [-0.3, -0.25) is 4.48 Å². The van der Waals surface area contributed by atoms with E-state index in [0.29, 0.717) is 0 Å². The summed E-state index contributed by atoms with van der Waals surface area (Å²) >= 11 is 0. The average Bonchev–Trinajstić information content (AvgIpc) is 1.59. The van der Waals surface area contributed by atoms with E-state index in [1.54, 1.807) is 0 Å². The lowest BCUT2D eigenvalue weighted by atomic mass is 10.3. The maximum absolute atomic E-state index is 3.71. The van der Waals surface area contributed by atoms with E-state index in [1.165, 1.54) is 5.57 Å². The van der Waals surface area contributed by atoms with Gasteiger partial charge in [0, 0.05) is 0 Å². The molecule has 0 unspecified atom stereocenters. The van der Waals surface area contributed by atoms with Crippen molar-refractivity contribution in [2.45, 2.75) is 13.8 Å². The Kier molecular flexibility index (Phi) is 7.21. The van der Waals surface area contributed by atoms with Gasteiger partial charge >= 0.3 is 0 Å². The van der Waals surface area contributed by atoms with Crippen molar-refractivity contribution in [3.05, 3.63) is 24.4 Å². The third-order valence-corrected chi connectivity index (χ3v) is 1.21. The first-order valence-corrected chi connectivity index (χ1v) is 3.57. The Morgan fingerprint density at radius 1 is 1.36 bits per heavy atom. The molecule has 0 N–H and O–H groups in total. The van der Waals surface area contributed by atoms with Crippen LogP contribution >= 0.6 is 0 Å². The van der Waals surface area contributed by atoms with Gasteiger partial charge in [-0.05, 0) is 25.5 Å². The molecular weight excluding hydrogens is 249 g/mol. The molecule has 0 heterocycles. The molecule has 0 aliphatic rings. The summed E-state index contributed by atoms with van der Waals surface area (Å²) in [7, 11) is 4.32. The molecule has 0 aromatic heterocycles. The molecule has 0 spiro atoms. The lowest BCUT2D eigenvalue weighted by Crippen LogP contribution is -3.00. The van der Waals surface area contributed by atoms with Crippen LogP contribution in [0.1, 0.15) is 13.8 Å². The van der Waals surface area contributed by atoms with Gasteiger partial charge in [-0.15, -0.1) is 0 Å². The van der Waals surface area contributed by atoms with Gasteiger partial charge in [-0.2, -0.15) is 0 Å². The van der Waals surface area contributed by atoms with E-state index in [4.69, 9.17) is 0 Å². The van der Waals surface area contributed by atoms with Gasteiger partial charge in [0.25, 0.3) is 0 Å². The maximum Gasteiger partial charge on any atom is 0.101 e. The molecule has 0 saturated heterocycles. The summed E-state index contributed by atoms with van der Waals surface area (Å²) in [6, 6.07) is 0. The highest BCUT2D eigenvalue weighted by Gasteiger charge is 2.07. The van der Waals surface area contributed by atoms with Crippen molar-refractivity contribution in [3.8, 4) is 0 Å². The second-order valence-electron chi connectivity index (χ2n) is 3.46. The fourth-order valence-corrected chi connectivity index (χ4v) is 1.08. The molecule has 0 rings (SSSR count). The van der Waals surface area contributed by atoms with Crippen molar-refractivity contribution in [2.75, 3.05) is 20.6 Å². The molecular formula is C9H18IN. The standard InChI is InChI=1S/C9H18N.HI/c1-6-7-10(4,5)8-9(2)3;/h6,8H,1,7H2,2-5H3;1H/q+1;/p-1. The summed E-state index contributed by atoms with van der Waals surface area (Å²) in [5.74, 6) is 0. The van der Waals surface area contributed by atoms with Gasteiger partial charge in [0.05, 0.1) is 20.3 Å². The minimum atomic E-state index is 0. The van der Waals surface area contributed by atoms with E-state index in [0.717, 1.165) is 11.0 Å². The van der Waals surface area contributed by atoms with Gasteiger partial charge in [-0.25, -0.2) is 0 Å². The largest absolute Gasteiger partial charge is 1.00 e. The topological polar surface area (TPSA) is 0 Å². The number of nitrogens with zero attached hydrogens (tertiary/aromatic N) is 1. The number of halogens is 1. The summed E-state index contributed by atoms with van der Waals surface area (Å²) in [5, 5.41) is 0. The first-order valence-electron chi connectivity index (χ1n) is 3.57. The molecule has 0 bridgehead atoms. The maximum atomic E-state index is 3.71. The Morgan fingerprint density at radius 3 is 2.09 bits per heavy atom. The summed E-state index contributed by atoms with van der Waals surface area (Å²) < 4.78 is 0.895. The Bertz CT molecular complexity index is 144. The van der Waals surface area contributed by atoms with E-state index in [2.05, 4.69) is 40.7 Å². The summed E-state index contributed by atoms with van der Waals surface area (Å²) in [5.41, 5.74) is 1.35. The quantitative estimate of drug-likeness (QED) is 0.356. The van der Waals surface area contributed by atoms with Gasteiger partial charge < -0.3 is 24.0 Å². The van der Waals surface area contributed by atoms with Gasteiger partial charge in [0.1, 0.15) is 6.54 Å². The van der Waals surface area contributed by atoms with Crippen LogP contribution in [0.5, 0.6) is 0 Å². The van der Waals surface area contributed by atoms with Crippen molar-refractivity contribution >= 4 is 0 Å². The number of likely N-dealkylation sites (N-methyl/N-ethyl adjacent to an activating group) is 1. The van der Waals surface area contributed by atoms with Crippen LogP contribution in [-0.4, -0.2) is 25.1 Å². The lowest BCUT2D eigenvalue weighted by Gasteiger charge is -2.23. The van der Waals surface area contributed by atoms with Crippen molar-refractivity contribution in [1.29, 1.82) is 0 Å². The van der Waals surface area contributed by atoms with Gasteiger partial charge in [0.15, 0.2) is 0 Å². The molecule has 11 heavy (non-hydrogen) atoms. The Labute approximate surface area is 87.4 Å². The Morgan fingerprint density at radius 2 is 1.82 bits per heavy atom. The first-order chi connectivity index (χ1) is 4.48. The van der Waals surface area contributed by atoms with Crippen LogP contribution in [0.25, 0.3) is 0 Å². The SMILES string of the molecule is C=CC[N+](C)(C)C=C(C)C.[I-]. The highest BCUT2D eigenvalue weighted by molar-refractivity contribution is 4.87. The zero-order chi connectivity index (χ0) is 8.20. The van der Waals surface area contributed by atoms with Crippen molar-refractivity contribution in [3.63, 3.8) is 0 Å². The molecule has 0 radical (unpaired) electrons. The highest BCUT2D eigenvalue weighted by atomic mass is 127. The van der Waals surface area contributed by atoms with Crippen LogP contribution < -0.4 is 24.0 Å². The Balaban J connectivity index is 0. The third kappa shape index (κ3) is 8.07. The molecule has 0 aromatic rings. The average molecular weight is 267 g/mol. The van der Waals surface area contributed by atoms with E-state index in [1.807, 2.05) is 6.08 Å². The van der Waals surface area contributed by atoms with Gasteiger partial charge in [0.2, 0.25) is 0 Å². The molecule has 0 fully saturated rings. The fourth-order valence-electron chi connectivity index (χ4n) is 1.08. The summed E-state index contributed by atoms with van der Waals surface area (Å²) in [6.07, 6.45) is 4.17. The number of hydrogen-bond acceptors (Lipinski definition) is 0. The minimum Gasteiger partial charge on any atom is -1.00 e. The van der Waals surface area contributed by atoms with E-state index in [9.17, 15) is 0 Å². The normalized spacial score (nSPS) is 9.82. The molecule has 0 atom stereocenters. The predicted octanol–water partition coefficient (Wildman–Crippen LogP) is -0.823. The van der Waals surface area contributed by atoms with Crippen LogP contribution in [0, 0.1) is 0 Å². The van der Waals surface area contributed by atoms with E-state index >= 15 is 0 Å². The molecule has 0 saturated carbocycles. The molecule has 0 amide bonds. The predicted molar refractivity (Wildman–Crippen MR) is 46.6 cm³/mol. The van der Waals surface area contributed by atoms with Crippen molar-refractivity contribution in [2.24, 2.45) is 0 Å². The van der Waals surface area contributed by atoms with Crippen LogP contribution in [0.3, 0.4) is 0 Å². The second kappa shape index (κ2) is 5.77. The summed E-state index contributed by atoms with van der Waals surface area (Å²) in [4.78, 5) is 0. The third-order valence-electron chi connectivity index (χ3n) is 1.21. The summed E-state index contributed by atoms with van der Waals surface area (Å²) in [6.45, 7) is 8.93. The molecule has 0 aliphatic heterocycles. The highest BCUT2D eigenvalue weighted by Crippen LogP contribution is 2.02.